The standard InChI is InChI=1S/C16H36N.BrH/c1-5-8-11-14-17(4,15-12-9-6-2)16-13-10-7-3;/h5-16H2,1-4H3;1H/q+1;/p-1. The number of hydrogen-bond acceptors (Lipinski definition) is 0. The summed E-state index contributed by atoms with van der Waals surface area (Å²) in [6.07, 6.45) is 12.6. The Morgan fingerprint density at radius 3 is 1.06 bits per heavy atom. The molecule has 0 aliphatic rings. The summed E-state index contributed by atoms with van der Waals surface area (Å²) in [6.45, 7) is 11.1. The Morgan fingerprint density at radius 1 is 0.556 bits per heavy atom. The van der Waals surface area contributed by atoms with Gasteiger partial charge in [-0.25, -0.2) is 0 Å². The number of unbranched alkanes of at least 4 members (excludes halogenated alkanes) is 6. The second kappa shape index (κ2) is 13.9. The van der Waals surface area contributed by atoms with E-state index in [1.165, 1.54) is 81.9 Å². The van der Waals surface area contributed by atoms with Crippen molar-refractivity contribution in [2.45, 2.75) is 78.6 Å². The van der Waals surface area contributed by atoms with Crippen molar-refractivity contribution >= 4 is 0 Å². The van der Waals surface area contributed by atoms with Crippen LogP contribution in [0.25, 0.3) is 0 Å². The molecule has 0 N–H and O–H groups in total. The van der Waals surface area contributed by atoms with Gasteiger partial charge in [0.25, 0.3) is 0 Å². The predicted octanol–water partition coefficient (Wildman–Crippen LogP) is 2.01. The molecule has 0 aliphatic carbocycles. The lowest BCUT2D eigenvalue weighted by Crippen LogP contribution is -3.00. The lowest BCUT2D eigenvalue weighted by Gasteiger charge is -2.35. The van der Waals surface area contributed by atoms with E-state index in [0.717, 1.165) is 0 Å². The van der Waals surface area contributed by atoms with Crippen molar-refractivity contribution in [3.63, 3.8) is 0 Å². The molecular formula is C16H36BrN. The minimum atomic E-state index is 0. The monoisotopic (exact) mass is 321 g/mol. The Labute approximate surface area is 127 Å². The summed E-state index contributed by atoms with van der Waals surface area (Å²) in [6, 6.07) is 0. The van der Waals surface area contributed by atoms with E-state index in [2.05, 4.69) is 27.8 Å². The first-order valence-electron chi connectivity index (χ1n) is 8.02. The van der Waals surface area contributed by atoms with Gasteiger partial charge in [0.15, 0.2) is 0 Å². The third-order valence-electron chi connectivity index (χ3n) is 3.90. The average Bonchev–Trinajstić information content (AvgIpc) is 2.30. The number of quaternary nitrogens is 1. The Balaban J connectivity index is 0. The minimum Gasteiger partial charge on any atom is -1.00 e. The second-order valence-electron chi connectivity index (χ2n) is 5.91. The molecule has 0 radical (unpaired) electrons. The van der Waals surface area contributed by atoms with Crippen LogP contribution in [0.2, 0.25) is 0 Å². The lowest BCUT2D eigenvalue weighted by molar-refractivity contribution is -0.910. The number of nitrogens with zero attached hydrogens (tertiary/aromatic N) is 1. The zero-order valence-electron chi connectivity index (χ0n) is 13.3. The van der Waals surface area contributed by atoms with Crippen LogP contribution in [0.1, 0.15) is 78.6 Å². The highest BCUT2D eigenvalue weighted by atomic mass is 79.9. The van der Waals surface area contributed by atoms with Crippen LogP contribution in [0.3, 0.4) is 0 Å². The molecule has 0 atom stereocenters. The molecule has 0 rings (SSSR count). The van der Waals surface area contributed by atoms with Crippen molar-refractivity contribution in [2.24, 2.45) is 0 Å². The molecule has 0 aromatic rings. The van der Waals surface area contributed by atoms with E-state index in [1.807, 2.05) is 0 Å². The van der Waals surface area contributed by atoms with Gasteiger partial charge in [0, 0.05) is 0 Å². The summed E-state index contributed by atoms with van der Waals surface area (Å²) in [5, 5.41) is 0. The average molecular weight is 322 g/mol. The van der Waals surface area contributed by atoms with E-state index in [4.69, 9.17) is 0 Å². The maximum atomic E-state index is 2.49. The molecule has 0 fully saturated rings. The topological polar surface area (TPSA) is 0 Å². The van der Waals surface area contributed by atoms with Gasteiger partial charge in [0.05, 0.1) is 26.7 Å². The highest BCUT2D eigenvalue weighted by Crippen LogP contribution is 2.13. The molecule has 0 aromatic heterocycles. The molecule has 0 aromatic carbocycles. The first-order valence-corrected chi connectivity index (χ1v) is 8.02. The van der Waals surface area contributed by atoms with Crippen LogP contribution < -0.4 is 17.0 Å². The third kappa shape index (κ3) is 11.5. The van der Waals surface area contributed by atoms with E-state index in [0.29, 0.717) is 0 Å². The molecule has 2 heteroatoms. The van der Waals surface area contributed by atoms with Crippen molar-refractivity contribution < 1.29 is 21.5 Å². The smallest absolute Gasteiger partial charge is 0.0784 e. The Bertz CT molecular complexity index is 133. The van der Waals surface area contributed by atoms with Gasteiger partial charge in [-0.2, -0.15) is 0 Å². The van der Waals surface area contributed by atoms with Crippen molar-refractivity contribution in [1.82, 2.24) is 0 Å². The molecule has 112 valence electrons. The van der Waals surface area contributed by atoms with Gasteiger partial charge in [-0.3, -0.25) is 0 Å². The second-order valence-corrected chi connectivity index (χ2v) is 5.91. The highest BCUT2D eigenvalue weighted by Gasteiger charge is 2.19. The summed E-state index contributed by atoms with van der Waals surface area (Å²) in [5.74, 6) is 0. The van der Waals surface area contributed by atoms with E-state index in [-0.39, 0.29) is 17.0 Å². The first kappa shape index (κ1) is 20.8. The Kier molecular flexibility index (Phi) is 16.0. The molecule has 0 spiro atoms. The molecule has 0 unspecified atom stereocenters. The largest absolute Gasteiger partial charge is 1.00 e. The van der Waals surface area contributed by atoms with Crippen molar-refractivity contribution in [3.05, 3.63) is 0 Å². The van der Waals surface area contributed by atoms with Crippen molar-refractivity contribution in [1.29, 1.82) is 0 Å². The fourth-order valence-electron chi connectivity index (χ4n) is 2.57. The fraction of sp³-hybridized carbons (Fsp3) is 1.00. The normalized spacial score (nSPS) is 11.3. The van der Waals surface area contributed by atoms with E-state index in [1.54, 1.807) is 0 Å². The van der Waals surface area contributed by atoms with Crippen molar-refractivity contribution in [3.8, 4) is 0 Å². The lowest BCUT2D eigenvalue weighted by atomic mass is 10.1. The summed E-state index contributed by atoms with van der Waals surface area (Å²) in [7, 11) is 2.49. The van der Waals surface area contributed by atoms with Gasteiger partial charge in [0.2, 0.25) is 0 Å². The minimum absolute atomic E-state index is 0. The number of halogens is 1. The van der Waals surface area contributed by atoms with Gasteiger partial charge in [0.1, 0.15) is 0 Å². The van der Waals surface area contributed by atoms with Crippen LogP contribution in [-0.4, -0.2) is 31.2 Å². The molecule has 18 heavy (non-hydrogen) atoms. The van der Waals surface area contributed by atoms with Crippen LogP contribution in [0.15, 0.2) is 0 Å². The molecule has 0 saturated carbocycles. The van der Waals surface area contributed by atoms with E-state index in [9.17, 15) is 0 Å². The Hall–Kier alpha value is 0.440. The summed E-state index contributed by atoms with van der Waals surface area (Å²) in [4.78, 5) is 0. The van der Waals surface area contributed by atoms with Gasteiger partial charge in [-0.1, -0.05) is 40.0 Å². The van der Waals surface area contributed by atoms with Gasteiger partial charge < -0.3 is 21.5 Å². The third-order valence-corrected chi connectivity index (χ3v) is 3.90. The van der Waals surface area contributed by atoms with E-state index < -0.39 is 0 Å². The highest BCUT2D eigenvalue weighted by molar-refractivity contribution is 4.46. The predicted molar refractivity (Wildman–Crippen MR) is 79.4 cm³/mol. The summed E-state index contributed by atoms with van der Waals surface area (Å²) in [5.41, 5.74) is 0. The molecular weight excluding hydrogens is 286 g/mol. The van der Waals surface area contributed by atoms with Crippen LogP contribution in [0.5, 0.6) is 0 Å². The molecule has 0 amide bonds. The summed E-state index contributed by atoms with van der Waals surface area (Å²) >= 11 is 0. The maximum Gasteiger partial charge on any atom is 0.0784 e. The fourth-order valence-corrected chi connectivity index (χ4v) is 2.57. The van der Waals surface area contributed by atoms with Gasteiger partial charge >= 0.3 is 0 Å². The molecule has 0 saturated heterocycles. The van der Waals surface area contributed by atoms with Crippen LogP contribution >= 0.6 is 0 Å². The number of rotatable bonds is 12. The number of hydrogen-bond donors (Lipinski definition) is 0. The van der Waals surface area contributed by atoms with Crippen LogP contribution in [0, 0.1) is 0 Å². The zero-order chi connectivity index (χ0) is 13.0. The molecule has 0 heterocycles. The zero-order valence-corrected chi connectivity index (χ0v) is 14.9. The molecule has 0 bridgehead atoms. The van der Waals surface area contributed by atoms with Crippen LogP contribution in [0.4, 0.5) is 0 Å². The molecule has 1 nitrogen and oxygen atoms in total. The van der Waals surface area contributed by atoms with E-state index >= 15 is 0 Å². The molecule has 0 aliphatic heterocycles. The Morgan fingerprint density at radius 2 is 0.833 bits per heavy atom. The first-order chi connectivity index (χ1) is 8.18. The van der Waals surface area contributed by atoms with Gasteiger partial charge in [-0.05, 0) is 38.5 Å². The van der Waals surface area contributed by atoms with Crippen LogP contribution in [-0.2, 0) is 0 Å². The summed E-state index contributed by atoms with van der Waals surface area (Å²) < 4.78 is 1.33. The SMILES string of the molecule is CCCCC[N+](C)(CCCCC)CCCCC.[Br-]. The quantitative estimate of drug-likeness (QED) is 0.381. The maximum absolute atomic E-state index is 2.49. The van der Waals surface area contributed by atoms with Gasteiger partial charge in [-0.15, -0.1) is 0 Å². The van der Waals surface area contributed by atoms with Crippen molar-refractivity contribution in [2.75, 3.05) is 26.7 Å².